The average Bonchev–Trinajstić information content (AvgIpc) is 2.98. The van der Waals surface area contributed by atoms with Crippen LogP contribution in [0.15, 0.2) is 35.6 Å². The van der Waals surface area contributed by atoms with Crippen molar-refractivity contribution in [2.75, 3.05) is 32.8 Å². The van der Waals surface area contributed by atoms with Crippen LogP contribution in [0, 0.1) is 0 Å². The number of imidazole rings is 1. The quantitative estimate of drug-likeness (QED) is 0.270. The molecule has 0 fully saturated rings. The maximum Gasteiger partial charge on any atom is 0.191 e. The van der Waals surface area contributed by atoms with E-state index in [1.165, 1.54) is 5.52 Å². The van der Waals surface area contributed by atoms with Crippen LogP contribution in [0.3, 0.4) is 0 Å². The molecule has 0 aliphatic rings. The largest absolute Gasteiger partial charge is 0.380 e. The number of aryl methyl sites for hydroxylation is 1. The van der Waals surface area contributed by atoms with Gasteiger partial charge in [-0.2, -0.15) is 0 Å². The molecular formula is C17H28IN5O. The van der Waals surface area contributed by atoms with Crippen molar-refractivity contribution in [3.63, 3.8) is 0 Å². The maximum absolute atomic E-state index is 5.32. The third-order valence-corrected chi connectivity index (χ3v) is 3.44. The van der Waals surface area contributed by atoms with E-state index < -0.39 is 0 Å². The van der Waals surface area contributed by atoms with Crippen LogP contribution in [0.2, 0.25) is 0 Å². The summed E-state index contributed by atoms with van der Waals surface area (Å²) in [7, 11) is 0. The van der Waals surface area contributed by atoms with Gasteiger partial charge in [-0.05, 0) is 32.4 Å². The Morgan fingerprint density at radius 3 is 2.88 bits per heavy atom. The van der Waals surface area contributed by atoms with E-state index in [1.54, 1.807) is 0 Å². The zero-order valence-corrected chi connectivity index (χ0v) is 16.8. The number of halogens is 1. The van der Waals surface area contributed by atoms with E-state index in [0.717, 1.165) is 50.7 Å². The number of guanidine groups is 1. The molecule has 0 unspecified atom stereocenters. The number of rotatable bonds is 9. The Morgan fingerprint density at radius 2 is 2.08 bits per heavy atom. The van der Waals surface area contributed by atoms with Crippen LogP contribution < -0.4 is 10.6 Å². The van der Waals surface area contributed by atoms with E-state index in [9.17, 15) is 0 Å². The minimum absolute atomic E-state index is 0. The van der Waals surface area contributed by atoms with Crippen LogP contribution in [0.25, 0.3) is 11.0 Å². The van der Waals surface area contributed by atoms with Crippen molar-refractivity contribution < 1.29 is 4.74 Å². The van der Waals surface area contributed by atoms with E-state index >= 15 is 0 Å². The van der Waals surface area contributed by atoms with Crippen LogP contribution in [0.4, 0.5) is 0 Å². The lowest BCUT2D eigenvalue weighted by Gasteiger charge is -2.11. The van der Waals surface area contributed by atoms with Crippen molar-refractivity contribution >= 4 is 41.0 Å². The minimum Gasteiger partial charge on any atom is -0.380 e. The van der Waals surface area contributed by atoms with Gasteiger partial charge in [0.25, 0.3) is 0 Å². The van der Waals surface area contributed by atoms with E-state index in [2.05, 4.69) is 38.2 Å². The van der Waals surface area contributed by atoms with Crippen LogP contribution >= 0.6 is 24.0 Å². The lowest BCUT2D eigenvalue weighted by Crippen LogP contribution is -2.39. The number of nitrogens with zero attached hydrogens (tertiary/aromatic N) is 3. The number of aliphatic imine (C=N–C) groups is 1. The summed E-state index contributed by atoms with van der Waals surface area (Å²) in [4.78, 5) is 9.00. The molecule has 0 aliphatic carbocycles. The molecule has 0 spiro atoms. The molecule has 1 aromatic carbocycles. The SMILES string of the molecule is CCNC(=NCCCn1cnc2ccccc21)NCCOCC.I. The predicted octanol–water partition coefficient (Wildman–Crippen LogP) is 2.64. The lowest BCUT2D eigenvalue weighted by atomic mass is 10.3. The van der Waals surface area contributed by atoms with Gasteiger partial charge in [0, 0.05) is 32.8 Å². The molecule has 7 heteroatoms. The first-order valence-electron chi connectivity index (χ1n) is 8.35. The Bertz CT molecular complexity index is 614. The van der Waals surface area contributed by atoms with E-state index in [4.69, 9.17) is 4.74 Å². The summed E-state index contributed by atoms with van der Waals surface area (Å²) in [6.45, 7) is 8.82. The molecule has 2 rings (SSSR count). The number of hydrogen-bond acceptors (Lipinski definition) is 3. The maximum atomic E-state index is 5.32. The zero-order valence-electron chi connectivity index (χ0n) is 14.5. The Kier molecular flexibility index (Phi) is 10.4. The third kappa shape index (κ3) is 6.64. The number of ether oxygens (including phenoxy) is 1. The molecule has 134 valence electrons. The van der Waals surface area contributed by atoms with E-state index in [0.29, 0.717) is 6.61 Å². The Morgan fingerprint density at radius 1 is 1.25 bits per heavy atom. The van der Waals surface area contributed by atoms with Gasteiger partial charge < -0.3 is 19.9 Å². The number of benzene rings is 1. The van der Waals surface area contributed by atoms with Gasteiger partial charge >= 0.3 is 0 Å². The van der Waals surface area contributed by atoms with E-state index in [-0.39, 0.29) is 24.0 Å². The average molecular weight is 445 g/mol. The number of hydrogen-bond donors (Lipinski definition) is 2. The fourth-order valence-corrected chi connectivity index (χ4v) is 2.35. The van der Waals surface area contributed by atoms with Gasteiger partial charge in [-0.3, -0.25) is 4.99 Å². The Balaban J connectivity index is 0.00000288. The number of nitrogens with one attached hydrogen (secondary N) is 2. The second-order valence-corrected chi connectivity index (χ2v) is 5.16. The van der Waals surface area contributed by atoms with Crippen molar-refractivity contribution in [1.29, 1.82) is 0 Å². The van der Waals surface area contributed by atoms with Crippen LogP contribution in [-0.2, 0) is 11.3 Å². The van der Waals surface area contributed by atoms with Gasteiger partial charge in [0.2, 0.25) is 0 Å². The first-order valence-corrected chi connectivity index (χ1v) is 8.35. The van der Waals surface area contributed by atoms with Crippen LogP contribution in [-0.4, -0.2) is 48.4 Å². The highest BCUT2D eigenvalue weighted by atomic mass is 127. The Hall–Kier alpha value is -1.35. The van der Waals surface area contributed by atoms with Gasteiger partial charge in [0.15, 0.2) is 5.96 Å². The molecule has 0 radical (unpaired) electrons. The number of fused-ring (bicyclic) bond motifs is 1. The second-order valence-electron chi connectivity index (χ2n) is 5.16. The van der Waals surface area contributed by atoms with Crippen LogP contribution in [0.1, 0.15) is 20.3 Å². The third-order valence-electron chi connectivity index (χ3n) is 3.44. The fraction of sp³-hybridized carbons (Fsp3) is 0.529. The summed E-state index contributed by atoms with van der Waals surface area (Å²) < 4.78 is 7.50. The van der Waals surface area contributed by atoms with Gasteiger partial charge in [0.05, 0.1) is 24.0 Å². The normalized spacial score (nSPS) is 11.3. The summed E-state index contributed by atoms with van der Waals surface area (Å²) in [5.74, 6) is 0.850. The van der Waals surface area contributed by atoms with Gasteiger partial charge in [0.1, 0.15) is 0 Å². The molecule has 0 atom stereocenters. The van der Waals surface area contributed by atoms with Crippen LogP contribution in [0.5, 0.6) is 0 Å². The molecule has 2 N–H and O–H groups in total. The second kappa shape index (κ2) is 12.1. The molecule has 6 nitrogen and oxygen atoms in total. The lowest BCUT2D eigenvalue weighted by molar-refractivity contribution is 0.152. The number of aromatic nitrogens is 2. The summed E-state index contributed by atoms with van der Waals surface area (Å²) >= 11 is 0. The minimum atomic E-state index is 0. The molecule has 0 aliphatic heterocycles. The standard InChI is InChI=1S/C17H27N5O.HI/c1-3-18-17(20-11-13-23-4-2)19-10-7-12-22-14-21-15-8-5-6-9-16(15)22;/h5-6,8-9,14H,3-4,7,10-13H2,1-2H3,(H2,18,19,20);1H. The predicted molar refractivity (Wildman–Crippen MR) is 110 cm³/mol. The molecule has 2 aromatic rings. The zero-order chi connectivity index (χ0) is 16.3. The Labute approximate surface area is 161 Å². The van der Waals surface area contributed by atoms with Crippen molar-refractivity contribution in [3.8, 4) is 0 Å². The number of para-hydroxylation sites is 2. The first kappa shape index (κ1) is 20.7. The van der Waals surface area contributed by atoms with E-state index in [1.807, 2.05) is 31.5 Å². The highest BCUT2D eigenvalue weighted by Crippen LogP contribution is 2.11. The summed E-state index contributed by atoms with van der Waals surface area (Å²) in [5, 5.41) is 6.52. The van der Waals surface area contributed by atoms with Gasteiger partial charge in [-0.1, -0.05) is 12.1 Å². The van der Waals surface area contributed by atoms with Crippen molar-refractivity contribution in [1.82, 2.24) is 20.2 Å². The monoisotopic (exact) mass is 445 g/mol. The van der Waals surface area contributed by atoms with Crippen molar-refractivity contribution in [3.05, 3.63) is 30.6 Å². The van der Waals surface area contributed by atoms with Crippen molar-refractivity contribution in [2.45, 2.75) is 26.8 Å². The molecule has 0 bridgehead atoms. The molecule has 0 saturated heterocycles. The van der Waals surface area contributed by atoms with Gasteiger partial charge in [-0.25, -0.2) is 4.98 Å². The molecule has 24 heavy (non-hydrogen) atoms. The highest BCUT2D eigenvalue weighted by molar-refractivity contribution is 14.0. The highest BCUT2D eigenvalue weighted by Gasteiger charge is 2.01. The van der Waals surface area contributed by atoms with Crippen molar-refractivity contribution in [2.24, 2.45) is 4.99 Å². The summed E-state index contributed by atoms with van der Waals surface area (Å²) in [5.41, 5.74) is 2.22. The van der Waals surface area contributed by atoms with Gasteiger partial charge in [-0.15, -0.1) is 24.0 Å². The topological polar surface area (TPSA) is 63.5 Å². The summed E-state index contributed by atoms with van der Waals surface area (Å²) in [6.07, 6.45) is 2.88. The molecule has 0 amide bonds. The first-order chi connectivity index (χ1) is 11.3. The molecule has 1 heterocycles. The summed E-state index contributed by atoms with van der Waals surface area (Å²) in [6, 6.07) is 8.20. The fourth-order valence-electron chi connectivity index (χ4n) is 2.35. The molecule has 1 aromatic heterocycles. The smallest absolute Gasteiger partial charge is 0.191 e. The molecular weight excluding hydrogens is 417 g/mol. The molecule has 0 saturated carbocycles.